The smallest absolute Gasteiger partial charge is 0.0781 e. The minimum Gasteiger partial charge on any atom is -0.315 e. The van der Waals surface area contributed by atoms with Crippen LogP contribution in [0.3, 0.4) is 0 Å². The van der Waals surface area contributed by atoms with Gasteiger partial charge in [0.05, 0.1) is 6.17 Å². The van der Waals surface area contributed by atoms with Crippen LogP contribution in [0.15, 0.2) is 0 Å². The summed E-state index contributed by atoms with van der Waals surface area (Å²) >= 11 is 0. The Morgan fingerprint density at radius 3 is 2.43 bits per heavy atom. The van der Waals surface area contributed by atoms with Crippen molar-refractivity contribution < 1.29 is 5.21 Å². The Kier molecular flexibility index (Phi) is 3.98. The van der Waals surface area contributed by atoms with Gasteiger partial charge in [-0.1, -0.05) is 6.92 Å². The van der Waals surface area contributed by atoms with Gasteiger partial charge in [-0.2, -0.15) is 5.48 Å². The first-order valence-corrected chi connectivity index (χ1v) is 2.44. The van der Waals surface area contributed by atoms with Crippen LogP contribution < -0.4 is 10.8 Å². The molecule has 0 fully saturated rings. The first kappa shape index (κ1) is 6.88. The Morgan fingerprint density at radius 1 is 1.71 bits per heavy atom. The monoisotopic (exact) mass is 104 g/mol. The Bertz CT molecular complexity index is 40.7. The summed E-state index contributed by atoms with van der Waals surface area (Å²) in [6.45, 7) is 4.69. The molecule has 0 aromatic carbocycles. The lowest BCUT2D eigenvalue weighted by Gasteiger charge is -2.07. The lowest BCUT2D eigenvalue weighted by molar-refractivity contribution is 0.119. The zero-order valence-electron chi connectivity index (χ0n) is 4.73. The second kappa shape index (κ2) is 4.05. The second-order valence-corrected chi connectivity index (χ2v) is 1.41. The predicted octanol–water partition coefficient (Wildman–Crippen LogP) is -0.0793. The van der Waals surface area contributed by atoms with Crippen LogP contribution >= 0.6 is 0 Å². The molecule has 0 aliphatic rings. The molecule has 0 rings (SSSR count). The maximum absolute atomic E-state index is 8.15. The van der Waals surface area contributed by atoms with Crippen molar-refractivity contribution in [2.75, 3.05) is 6.54 Å². The highest BCUT2D eigenvalue weighted by Crippen LogP contribution is 1.66. The van der Waals surface area contributed by atoms with Crippen molar-refractivity contribution in [3.05, 3.63) is 0 Å². The summed E-state index contributed by atoms with van der Waals surface area (Å²) in [5, 5.41) is 11.1. The highest BCUT2D eigenvalue weighted by molar-refractivity contribution is 4.45. The van der Waals surface area contributed by atoms with E-state index in [9.17, 15) is 0 Å². The van der Waals surface area contributed by atoms with Gasteiger partial charge in [0.1, 0.15) is 0 Å². The fourth-order valence-corrected chi connectivity index (χ4v) is 0.352. The topological polar surface area (TPSA) is 44.3 Å². The van der Waals surface area contributed by atoms with E-state index in [0.29, 0.717) is 0 Å². The number of hydrogen-bond acceptors (Lipinski definition) is 3. The highest BCUT2D eigenvalue weighted by atomic mass is 16.5. The van der Waals surface area contributed by atoms with Crippen molar-refractivity contribution in [1.29, 1.82) is 0 Å². The second-order valence-electron chi connectivity index (χ2n) is 1.41. The van der Waals surface area contributed by atoms with E-state index in [0.717, 1.165) is 6.54 Å². The summed E-state index contributed by atoms with van der Waals surface area (Å²) in [4.78, 5) is 0. The maximum atomic E-state index is 8.15. The van der Waals surface area contributed by atoms with Gasteiger partial charge in [-0.25, -0.2) is 0 Å². The number of hydrogen-bond donors (Lipinski definition) is 3. The molecule has 1 atom stereocenters. The Labute approximate surface area is 43.7 Å². The fourth-order valence-electron chi connectivity index (χ4n) is 0.352. The van der Waals surface area contributed by atoms with E-state index in [-0.39, 0.29) is 6.17 Å². The van der Waals surface area contributed by atoms with Crippen LogP contribution in [0.25, 0.3) is 0 Å². The molecular weight excluding hydrogens is 92.1 g/mol. The predicted molar refractivity (Wildman–Crippen MR) is 28.1 cm³/mol. The Morgan fingerprint density at radius 2 is 2.29 bits per heavy atom. The highest BCUT2D eigenvalue weighted by Gasteiger charge is 1.89. The van der Waals surface area contributed by atoms with Gasteiger partial charge in [-0.15, -0.1) is 0 Å². The van der Waals surface area contributed by atoms with Gasteiger partial charge in [0.15, 0.2) is 0 Å². The van der Waals surface area contributed by atoms with E-state index in [1.807, 2.05) is 13.8 Å². The van der Waals surface area contributed by atoms with Crippen molar-refractivity contribution in [3.8, 4) is 0 Å². The summed E-state index contributed by atoms with van der Waals surface area (Å²) in [5.74, 6) is 0. The third kappa shape index (κ3) is 3.72. The van der Waals surface area contributed by atoms with Gasteiger partial charge in [0.2, 0.25) is 0 Å². The molecule has 0 saturated carbocycles. The lowest BCUT2D eigenvalue weighted by Crippen LogP contribution is -2.37. The lowest BCUT2D eigenvalue weighted by atomic mass is 10.6. The van der Waals surface area contributed by atoms with Crippen molar-refractivity contribution >= 4 is 0 Å². The molecule has 3 N–H and O–H groups in total. The molecule has 0 saturated heterocycles. The normalized spacial score (nSPS) is 14.1. The van der Waals surface area contributed by atoms with E-state index in [1.54, 1.807) is 0 Å². The molecule has 0 heterocycles. The van der Waals surface area contributed by atoms with Crippen molar-refractivity contribution in [3.63, 3.8) is 0 Å². The maximum Gasteiger partial charge on any atom is 0.0781 e. The molecule has 3 nitrogen and oxygen atoms in total. The molecule has 0 spiro atoms. The molecule has 3 heteroatoms. The van der Waals surface area contributed by atoms with Gasteiger partial charge in [-0.3, -0.25) is 0 Å². The van der Waals surface area contributed by atoms with E-state index >= 15 is 0 Å². The average molecular weight is 104 g/mol. The van der Waals surface area contributed by atoms with Crippen LogP contribution in [0.1, 0.15) is 13.8 Å². The molecule has 0 aromatic heterocycles. The molecule has 1 unspecified atom stereocenters. The van der Waals surface area contributed by atoms with E-state index < -0.39 is 0 Å². The van der Waals surface area contributed by atoms with Crippen LogP contribution in [0.5, 0.6) is 0 Å². The largest absolute Gasteiger partial charge is 0.315 e. The Hall–Kier alpha value is -0.120. The SMILES string of the molecule is CCNC(C)NO. The van der Waals surface area contributed by atoms with E-state index in [4.69, 9.17) is 5.21 Å². The minimum absolute atomic E-state index is 0.00463. The van der Waals surface area contributed by atoms with Gasteiger partial charge >= 0.3 is 0 Å². The molecule has 0 aromatic rings. The van der Waals surface area contributed by atoms with Crippen LogP contribution in [0.2, 0.25) is 0 Å². The molecule has 0 bridgehead atoms. The average Bonchev–Trinajstić information content (AvgIpc) is 1.68. The quantitative estimate of drug-likeness (QED) is 0.346. The summed E-state index contributed by atoms with van der Waals surface area (Å²) in [6, 6.07) is 0. The molecule has 0 aliphatic carbocycles. The third-order valence-corrected chi connectivity index (χ3v) is 0.704. The molecule has 0 radical (unpaired) electrons. The summed E-state index contributed by atoms with van der Waals surface area (Å²) < 4.78 is 0. The number of rotatable bonds is 3. The molecule has 0 amide bonds. The van der Waals surface area contributed by atoms with Gasteiger partial charge in [0.25, 0.3) is 0 Å². The van der Waals surface area contributed by atoms with Crippen LogP contribution in [0.4, 0.5) is 0 Å². The fraction of sp³-hybridized carbons (Fsp3) is 1.00. The van der Waals surface area contributed by atoms with Gasteiger partial charge < -0.3 is 10.5 Å². The summed E-state index contributed by atoms with van der Waals surface area (Å²) in [7, 11) is 0. The molecule has 44 valence electrons. The first-order valence-electron chi connectivity index (χ1n) is 2.44. The summed E-state index contributed by atoms with van der Waals surface area (Å²) in [5.41, 5.74) is 2.05. The van der Waals surface area contributed by atoms with Gasteiger partial charge in [-0.05, 0) is 13.5 Å². The zero-order valence-corrected chi connectivity index (χ0v) is 4.73. The van der Waals surface area contributed by atoms with Crippen molar-refractivity contribution in [2.45, 2.75) is 20.0 Å². The number of hydroxylamine groups is 1. The Balaban J connectivity index is 2.83. The third-order valence-electron chi connectivity index (χ3n) is 0.704. The van der Waals surface area contributed by atoms with Gasteiger partial charge in [0, 0.05) is 0 Å². The van der Waals surface area contributed by atoms with Crippen molar-refractivity contribution in [1.82, 2.24) is 10.8 Å². The standard InChI is InChI=1S/C4H12N2O/c1-3-5-4(2)6-7/h4-7H,3H2,1-2H3. The zero-order chi connectivity index (χ0) is 5.70. The van der Waals surface area contributed by atoms with Crippen molar-refractivity contribution in [2.24, 2.45) is 0 Å². The summed E-state index contributed by atoms with van der Waals surface area (Å²) in [6.07, 6.45) is 0.00463. The first-order chi connectivity index (χ1) is 3.31. The molecular formula is C4H12N2O. The van der Waals surface area contributed by atoms with E-state index in [2.05, 4.69) is 10.8 Å². The minimum atomic E-state index is 0.00463. The van der Waals surface area contributed by atoms with E-state index in [1.165, 1.54) is 0 Å². The van der Waals surface area contributed by atoms with Crippen LogP contribution in [-0.2, 0) is 0 Å². The van der Waals surface area contributed by atoms with Crippen LogP contribution in [0, 0.1) is 0 Å². The number of nitrogens with one attached hydrogen (secondary N) is 2. The molecule has 7 heavy (non-hydrogen) atoms. The van der Waals surface area contributed by atoms with Crippen LogP contribution in [-0.4, -0.2) is 17.9 Å². The molecule has 0 aliphatic heterocycles.